The van der Waals surface area contributed by atoms with Crippen molar-refractivity contribution in [1.82, 2.24) is 4.98 Å². The van der Waals surface area contributed by atoms with Gasteiger partial charge in [-0.2, -0.15) is 0 Å². The van der Waals surface area contributed by atoms with Gasteiger partial charge in [0.15, 0.2) is 5.69 Å². The Labute approximate surface area is 118 Å². The lowest BCUT2D eigenvalue weighted by molar-refractivity contribution is -0.107. The normalized spacial score (nSPS) is 37.9. The summed E-state index contributed by atoms with van der Waals surface area (Å²) in [5.74, 6) is 2.13. The molecule has 4 bridgehead atoms. The molecule has 4 aliphatic rings. The van der Waals surface area contributed by atoms with Crippen molar-refractivity contribution in [2.24, 2.45) is 17.8 Å². The average Bonchev–Trinajstić information content (AvgIpc) is 2.36. The lowest BCUT2D eigenvalue weighted by atomic mass is 9.54. The minimum Gasteiger partial charge on any atom is -0.487 e. The number of nitrogens with zero attached hydrogens (tertiary/aromatic N) is 1. The van der Waals surface area contributed by atoms with Crippen molar-refractivity contribution in [3.63, 3.8) is 0 Å². The molecule has 1 aromatic heterocycles. The number of ether oxygens (including phenoxy) is 1. The molecule has 0 unspecified atom stereocenters. The van der Waals surface area contributed by atoms with Crippen LogP contribution in [0.15, 0.2) is 18.3 Å². The van der Waals surface area contributed by atoms with E-state index in [2.05, 4.69) is 4.98 Å². The maximum absolute atomic E-state index is 11.0. The van der Waals surface area contributed by atoms with Crippen molar-refractivity contribution in [2.45, 2.75) is 44.1 Å². The van der Waals surface area contributed by atoms with E-state index >= 15 is 0 Å². The van der Waals surface area contributed by atoms with Crippen molar-refractivity contribution < 1.29 is 14.6 Å². The van der Waals surface area contributed by atoms with Crippen LogP contribution in [-0.4, -0.2) is 21.7 Å². The van der Waals surface area contributed by atoms with Gasteiger partial charge < -0.3 is 9.84 Å². The van der Waals surface area contributed by atoms with E-state index in [-0.39, 0.29) is 11.3 Å². The second kappa shape index (κ2) is 4.21. The number of pyridine rings is 1. The Bertz CT molecular complexity index is 519. The molecule has 0 aromatic carbocycles. The smallest absolute Gasteiger partial charge is 0.354 e. The largest absolute Gasteiger partial charge is 0.487 e. The van der Waals surface area contributed by atoms with E-state index in [4.69, 9.17) is 9.84 Å². The van der Waals surface area contributed by atoms with Crippen LogP contribution >= 0.6 is 0 Å². The van der Waals surface area contributed by atoms with Gasteiger partial charge in [0.05, 0.1) is 0 Å². The zero-order valence-electron chi connectivity index (χ0n) is 11.4. The minimum atomic E-state index is -0.999. The number of carbonyl (C=O) groups is 1. The van der Waals surface area contributed by atoms with Crippen LogP contribution in [0, 0.1) is 17.8 Å². The Kier molecular flexibility index (Phi) is 2.56. The van der Waals surface area contributed by atoms with Gasteiger partial charge in [-0.15, -0.1) is 0 Å². The molecule has 0 aliphatic heterocycles. The highest BCUT2D eigenvalue weighted by molar-refractivity contribution is 5.85. The summed E-state index contributed by atoms with van der Waals surface area (Å²) in [5, 5.41) is 9.02. The Morgan fingerprint density at radius 1 is 1.20 bits per heavy atom. The minimum absolute atomic E-state index is 0.0358. The van der Waals surface area contributed by atoms with Crippen molar-refractivity contribution in [3.05, 3.63) is 24.0 Å². The molecule has 4 saturated carbocycles. The van der Waals surface area contributed by atoms with E-state index < -0.39 is 5.97 Å². The van der Waals surface area contributed by atoms with Gasteiger partial charge in [0, 0.05) is 12.3 Å². The highest BCUT2D eigenvalue weighted by Gasteiger charge is 2.52. The highest BCUT2D eigenvalue weighted by Crippen LogP contribution is 2.56. The molecule has 1 N–H and O–H groups in total. The molecule has 0 saturated heterocycles. The first kappa shape index (κ1) is 12.2. The summed E-state index contributed by atoms with van der Waals surface area (Å²) in [6.45, 7) is 0. The van der Waals surface area contributed by atoms with E-state index in [1.165, 1.54) is 25.5 Å². The number of hydrogen-bond donors (Lipinski definition) is 1. The monoisotopic (exact) mass is 273 g/mol. The van der Waals surface area contributed by atoms with Crippen molar-refractivity contribution in [1.29, 1.82) is 0 Å². The average molecular weight is 273 g/mol. The van der Waals surface area contributed by atoms with Gasteiger partial charge in [-0.25, -0.2) is 9.78 Å². The fourth-order valence-corrected chi connectivity index (χ4v) is 5.00. The first-order valence-electron chi connectivity index (χ1n) is 7.50. The molecule has 106 valence electrons. The van der Waals surface area contributed by atoms with Crippen molar-refractivity contribution in [2.75, 3.05) is 0 Å². The molecule has 1 heterocycles. The quantitative estimate of drug-likeness (QED) is 0.919. The van der Waals surface area contributed by atoms with Gasteiger partial charge in [0.25, 0.3) is 0 Å². The van der Waals surface area contributed by atoms with Crippen LogP contribution in [0.25, 0.3) is 0 Å². The number of hydrogen-bond acceptors (Lipinski definition) is 3. The second-order valence-electron chi connectivity index (χ2n) is 6.88. The number of carboxylic acid groups (broad SMARTS) is 1. The highest BCUT2D eigenvalue weighted by atomic mass is 16.5. The summed E-state index contributed by atoms with van der Waals surface area (Å²) in [7, 11) is 0. The molecular weight excluding hydrogens is 254 g/mol. The molecule has 0 amide bonds. The summed E-state index contributed by atoms with van der Waals surface area (Å²) in [4.78, 5) is 14.9. The molecule has 4 heteroatoms. The van der Waals surface area contributed by atoms with Crippen LogP contribution in [0.4, 0.5) is 0 Å². The van der Waals surface area contributed by atoms with Gasteiger partial charge in [0.1, 0.15) is 11.4 Å². The van der Waals surface area contributed by atoms with E-state index in [9.17, 15) is 4.79 Å². The zero-order chi connectivity index (χ0) is 13.7. The molecule has 0 atom stereocenters. The molecule has 20 heavy (non-hydrogen) atoms. The summed E-state index contributed by atoms with van der Waals surface area (Å²) in [6.07, 6.45) is 9.08. The van der Waals surface area contributed by atoms with Crippen molar-refractivity contribution >= 4 is 5.97 Å². The molecule has 0 spiro atoms. The SMILES string of the molecule is O=C(O)c1cc(OC23CC4CC(CC(C4)C2)C3)ccn1. The molecule has 5 rings (SSSR count). The summed E-state index contributed by atoms with van der Waals surface area (Å²) in [5.41, 5.74) is 0.0264. The number of carboxylic acids is 1. The van der Waals surface area contributed by atoms with Crippen LogP contribution < -0.4 is 4.74 Å². The van der Waals surface area contributed by atoms with E-state index in [1.54, 1.807) is 12.1 Å². The number of aromatic carboxylic acids is 1. The summed E-state index contributed by atoms with van der Waals surface area (Å²) >= 11 is 0. The lowest BCUT2D eigenvalue weighted by Gasteiger charge is -2.56. The fraction of sp³-hybridized carbons (Fsp3) is 0.625. The van der Waals surface area contributed by atoms with Crippen LogP contribution in [0.5, 0.6) is 5.75 Å². The van der Waals surface area contributed by atoms with Crippen LogP contribution in [0.2, 0.25) is 0 Å². The maximum Gasteiger partial charge on any atom is 0.354 e. The number of rotatable bonds is 3. The topological polar surface area (TPSA) is 59.4 Å². The van der Waals surface area contributed by atoms with Gasteiger partial charge in [-0.3, -0.25) is 0 Å². The van der Waals surface area contributed by atoms with Crippen LogP contribution in [0.1, 0.15) is 49.0 Å². The summed E-state index contributed by atoms with van der Waals surface area (Å²) < 4.78 is 6.30. The van der Waals surface area contributed by atoms with Gasteiger partial charge >= 0.3 is 5.97 Å². The van der Waals surface area contributed by atoms with Gasteiger partial charge in [0.2, 0.25) is 0 Å². The van der Waals surface area contributed by atoms with Crippen molar-refractivity contribution in [3.8, 4) is 5.75 Å². The van der Waals surface area contributed by atoms with Gasteiger partial charge in [-0.05, 0) is 62.3 Å². The molecule has 4 nitrogen and oxygen atoms in total. The molecule has 1 aromatic rings. The van der Waals surface area contributed by atoms with Crippen LogP contribution in [0.3, 0.4) is 0 Å². The fourth-order valence-electron chi connectivity index (χ4n) is 5.00. The third kappa shape index (κ3) is 1.98. The molecule has 4 fully saturated rings. The Morgan fingerprint density at radius 3 is 2.35 bits per heavy atom. The first-order chi connectivity index (χ1) is 9.62. The molecule has 4 aliphatic carbocycles. The zero-order valence-corrected chi connectivity index (χ0v) is 11.4. The third-order valence-corrected chi connectivity index (χ3v) is 5.27. The molecular formula is C16H19NO3. The van der Waals surface area contributed by atoms with Crippen LogP contribution in [-0.2, 0) is 0 Å². The predicted molar refractivity (Wildman–Crippen MR) is 72.7 cm³/mol. The standard InChI is InChI=1S/C16H19NO3/c18-15(19)14-6-13(1-2-17-14)20-16-7-10-3-11(8-16)5-12(4-10)9-16/h1-2,6,10-12H,3-5,7-9H2,(H,18,19). The Balaban J connectivity index is 1.59. The summed E-state index contributed by atoms with van der Waals surface area (Å²) in [6, 6.07) is 3.34. The Morgan fingerprint density at radius 2 is 1.80 bits per heavy atom. The van der Waals surface area contributed by atoms with E-state index in [0.29, 0.717) is 5.75 Å². The third-order valence-electron chi connectivity index (χ3n) is 5.27. The lowest BCUT2D eigenvalue weighted by Crippen LogP contribution is -2.53. The van der Waals surface area contributed by atoms with Gasteiger partial charge in [-0.1, -0.05) is 0 Å². The van der Waals surface area contributed by atoms with E-state index in [0.717, 1.165) is 37.0 Å². The predicted octanol–water partition coefficient (Wildman–Crippen LogP) is 3.13. The maximum atomic E-state index is 11.0. The van der Waals surface area contributed by atoms with E-state index in [1.807, 2.05) is 0 Å². The number of aromatic nitrogens is 1. The Hall–Kier alpha value is -1.58. The second-order valence-corrected chi connectivity index (χ2v) is 6.88. The first-order valence-corrected chi connectivity index (χ1v) is 7.50. The molecule has 0 radical (unpaired) electrons.